The number of carbonyl (C=O) groups excluding carboxylic acids is 2. The summed E-state index contributed by atoms with van der Waals surface area (Å²) in [5.74, 6) is 0.144. The van der Waals surface area contributed by atoms with Crippen molar-refractivity contribution < 1.29 is 9.59 Å². The molecule has 1 aliphatic carbocycles. The minimum absolute atomic E-state index is 0.00424. The predicted octanol–water partition coefficient (Wildman–Crippen LogP) is 2.99. The monoisotopic (exact) mass is 385 g/mol. The van der Waals surface area contributed by atoms with Crippen molar-refractivity contribution in [3.8, 4) is 0 Å². The largest absolute Gasteiger partial charge is 0.353 e. The van der Waals surface area contributed by atoms with Crippen LogP contribution in [0.2, 0.25) is 0 Å². The Hall–Kier alpha value is -1.88. The Morgan fingerprint density at radius 1 is 1.14 bits per heavy atom. The van der Waals surface area contributed by atoms with Crippen molar-refractivity contribution in [3.05, 3.63) is 35.9 Å². The second-order valence-electron chi connectivity index (χ2n) is 8.11. The number of amides is 2. The van der Waals surface area contributed by atoms with Crippen LogP contribution in [0.4, 0.5) is 0 Å². The first-order valence-electron chi connectivity index (χ1n) is 11.0. The molecule has 0 aromatic heterocycles. The zero-order valence-electron chi connectivity index (χ0n) is 17.2. The third kappa shape index (κ3) is 5.57. The van der Waals surface area contributed by atoms with Gasteiger partial charge in [-0.2, -0.15) is 0 Å². The third-order valence-corrected chi connectivity index (χ3v) is 6.27. The van der Waals surface area contributed by atoms with Gasteiger partial charge < -0.3 is 10.2 Å². The minimum atomic E-state index is -0.343. The molecule has 1 atom stereocenters. The third-order valence-electron chi connectivity index (χ3n) is 6.27. The second-order valence-corrected chi connectivity index (χ2v) is 8.11. The van der Waals surface area contributed by atoms with Gasteiger partial charge in [-0.1, -0.05) is 56.0 Å². The molecular formula is C23H35N3O2. The summed E-state index contributed by atoms with van der Waals surface area (Å²) in [6.07, 6.45) is 8.39. The van der Waals surface area contributed by atoms with Gasteiger partial charge in [0.1, 0.15) is 0 Å². The number of benzene rings is 1. The SMILES string of the molecule is CCN(C(=O)C[C@@H]1C(=O)NCCN1CCc1ccccc1)C1CCCCCC1. The first-order valence-corrected chi connectivity index (χ1v) is 11.0. The lowest BCUT2D eigenvalue weighted by atomic mass is 10.0. The molecular weight excluding hydrogens is 350 g/mol. The molecule has 0 spiro atoms. The lowest BCUT2D eigenvalue weighted by Gasteiger charge is -2.37. The standard InChI is InChI=1S/C23H35N3O2/c1-2-26(20-12-8-3-4-9-13-20)22(27)18-21-23(28)24-15-17-25(21)16-14-19-10-6-5-7-11-19/h5-7,10-11,20-21H,2-4,8-9,12-18H2,1H3,(H,24,28)/t21-/m1/s1. The van der Waals surface area contributed by atoms with Gasteiger partial charge in [0.25, 0.3) is 0 Å². The number of carbonyl (C=O) groups is 2. The second kappa shape index (κ2) is 10.6. The molecule has 2 fully saturated rings. The summed E-state index contributed by atoms with van der Waals surface area (Å²) in [6, 6.07) is 10.4. The minimum Gasteiger partial charge on any atom is -0.353 e. The molecule has 0 unspecified atom stereocenters. The number of rotatable bonds is 7. The van der Waals surface area contributed by atoms with Crippen molar-refractivity contribution in [1.29, 1.82) is 0 Å². The van der Waals surface area contributed by atoms with E-state index in [4.69, 9.17) is 0 Å². The van der Waals surface area contributed by atoms with E-state index in [1.165, 1.54) is 31.2 Å². The summed E-state index contributed by atoms with van der Waals surface area (Å²) in [4.78, 5) is 30.0. The van der Waals surface area contributed by atoms with Gasteiger partial charge in [-0.15, -0.1) is 0 Å². The molecule has 2 amide bonds. The Labute approximate surface area is 169 Å². The molecule has 1 aromatic carbocycles. The molecule has 28 heavy (non-hydrogen) atoms. The topological polar surface area (TPSA) is 52.7 Å². The number of hydrogen-bond donors (Lipinski definition) is 1. The highest BCUT2D eigenvalue weighted by atomic mass is 16.2. The summed E-state index contributed by atoms with van der Waals surface area (Å²) >= 11 is 0. The molecule has 1 saturated carbocycles. The van der Waals surface area contributed by atoms with Gasteiger partial charge in [0.15, 0.2) is 0 Å². The maximum Gasteiger partial charge on any atom is 0.237 e. The van der Waals surface area contributed by atoms with Crippen LogP contribution in [0.25, 0.3) is 0 Å². The van der Waals surface area contributed by atoms with Gasteiger partial charge in [0, 0.05) is 32.2 Å². The molecule has 5 heteroatoms. The smallest absolute Gasteiger partial charge is 0.237 e. The quantitative estimate of drug-likeness (QED) is 0.734. The summed E-state index contributed by atoms with van der Waals surface area (Å²) in [5.41, 5.74) is 1.27. The van der Waals surface area contributed by atoms with E-state index in [1.54, 1.807) is 0 Å². The maximum atomic E-state index is 13.1. The highest BCUT2D eigenvalue weighted by Crippen LogP contribution is 2.23. The Bertz CT molecular complexity index is 626. The Balaban J connectivity index is 1.62. The molecule has 1 saturated heterocycles. The maximum absolute atomic E-state index is 13.1. The van der Waals surface area contributed by atoms with E-state index in [0.29, 0.717) is 19.0 Å². The van der Waals surface area contributed by atoms with E-state index in [0.717, 1.165) is 38.9 Å². The van der Waals surface area contributed by atoms with Gasteiger partial charge in [-0.25, -0.2) is 0 Å². The van der Waals surface area contributed by atoms with Crippen LogP contribution >= 0.6 is 0 Å². The average Bonchev–Trinajstić information content (AvgIpc) is 2.99. The van der Waals surface area contributed by atoms with Crippen LogP contribution in [-0.2, 0) is 16.0 Å². The van der Waals surface area contributed by atoms with Crippen LogP contribution in [0.5, 0.6) is 0 Å². The molecule has 5 nitrogen and oxygen atoms in total. The normalized spacial score (nSPS) is 21.8. The Kier molecular flexibility index (Phi) is 7.90. The van der Waals surface area contributed by atoms with E-state index < -0.39 is 0 Å². The molecule has 1 aromatic rings. The number of nitrogens with zero attached hydrogens (tertiary/aromatic N) is 2. The van der Waals surface area contributed by atoms with Crippen molar-refractivity contribution in [2.24, 2.45) is 0 Å². The Morgan fingerprint density at radius 2 is 1.86 bits per heavy atom. The zero-order valence-corrected chi connectivity index (χ0v) is 17.2. The molecule has 3 rings (SSSR count). The van der Waals surface area contributed by atoms with Gasteiger partial charge in [-0.3, -0.25) is 14.5 Å². The summed E-state index contributed by atoms with van der Waals surface area (Å²) in [5, 5.41) is 2.96. The van der Waals surface area contributed by atoms with Crippen molar-refractivity contribution in [3.63, 3.8) is 0 Å². The first kappa shape index (κ1) is 20.8. The molecule has 1 heterocycles. The average molecular weight is 386 g/mol. The van der Waals surface area contributed by atoms with Crippen molar-refractivity contribution in [2.45, 2.75) is 70.4 Å². The van der Waals surface area contributed by atoms with Crippen molar-refractivity contribution in [1.82, 2.24) is 15.1 Å². The molecule has 2 aliphatic rings. The number of hydrogen-bond acceptors (Lipinski definition) is 3. The van der Waals surface area contributed by atoms with E-state index in [-0.39, 0.29) is 17.9 Å². The molecule has 1 N–H and O–H groups in total. The van der Waals surface area contributed by atoms with E-state index >= 15 is 0 Å². The fraction of sp³-hybridized carbons (Fsp3) is 0.652. The lowest BCUT2D eigenvalue weighted by Crippen LogP contribution is -2.57. The van der Waals surface area contributed by atoms with Crippen LogP contribution in [-0.4, -0.2) is 59.9 Å². The van der Waals surface area contributed by atoms with Crippen LogP contribution in [0.1, 0.15) is 57.4 Å². The van der Waals surface area contributed by atoms with Gasteiger partial charge in [0.2, 0.25) is 11.8 Å². The molecule has 1 aliphatic heterocycles. The number of nitrogens with one attached hydrogen (secondary N) is 1. The van der Waals surface area contributed by atoms with E-state index in [2.05, 4.69) is 29.3 Å². The van der Waals surface area contributed by atoms with Crippen LogP contribution < -0.4 is 5.32 Å². The highest BCUT2D eigenvalue weighted by Gasteiger charge is 2.34. The summed E-state index contributed by atoms with van der Waals surface area (Å²) in [6.45, 7) is 5.09. The summed E-state index contributed by atoms with van der Waals surface area (Å²) in [7, 11) is 0. The van der Waals surface area contributed by atoms with Crippen LogP contribution in [0.15, 0.2) is 30.3 Å². The Morgan fingerprint density at radius 3 is 2.54 bits per heavy atom. The van der Waals surface area contributed by atoms with Crippen molar-refractivity contribution >= 4 is 11.8 Å². The van der Waals surface area contributed by atoms with E-state index in [1.807, 2.05) is 23.1 Å². The fourth-order valence-electron chi connectivity index (χ4n) is 4.66. The van der Waals surface area contributed by atoms with Crippen molar-refractivity contribution in [2.75, 3.05) is 26.2 Å². The first-order chi connectivity index (χ1) is 13.7. The van der Waals surface area contributed by atoms with E-state index in [9.17, 15) is 9.59 Å². The number of piperazine rings is 1. The zero-order chi connectivity index (χ0) is 19.8. The van der Waals surface area contributed by atoms with Gasteiger partial charge in [0.05, 0.1) is 12.5 Å². The molecule has 0 radical (unpaired) electrons. The van der Waals surface area contributed by atoms with Gasteiger partial charge >= 0.3 is 0 Å². The predicted molar refractivity (Wildman–Crippen MR) is 112 cm³/mol. The van der Waals surface area contributed by atoms with Crippen LogP contribution in [0, 0.1) is 0 Å². The summed E-state index contributed by atoms with van der Waals surface area (Å²) < 4.78 is 0. The van der Waals surface area contributed by atoms with Gasteiger partial charge in [-0.05, 0) is 31.7 Å². The molecule has 0 bridgehead atoms. The lowest BCUT2D eigenvalue weighted by molar-refractivity contribution is -0.140. The highest BCUT2D eigenvalue weighted by molar-refractivity contribution is 5.89. The fourth-order valence-corrected chi connectivity index (χ4v) is 4.66. The van der Waals surface area contributed by atoms with Crippen LogP contribution in [0.3, 0.4) is 0 Å². The molecule has 154 valence electrons.